The van der Waals surface area contributed by atoms with Gasteiger partial charge in [0, 0.05) is 36.8 Å². The Morgan fingerprint density at radius 1 is 1.17 bits per heavy atom. The Hall–Kier alpha value is -2.89. The van der Waals surface area contributed by atoms with Crippen LogP contribution in [0.2, 0.25) is 0 Å². The van der Waals surface area contributed by atoms with Crippen LogP contribution in [-0.4, -0.2) is 26.4 Å². The summed E-state index contributed by atoms with van der Waals surface area (Å²) in [5, 5.41) is 6.10. The van der Waals surface area contributed by atoms with Gasteiger partial charge in [0.05, 0.1) is 7.11 Å². The molecule has 0 unspecified atom stereocenters. The molecule has 0 aliphatic carbocycles. The molecule has 0 atom stereocenters. The summed E-state index contributed by atoms with van der Waals surface area (Å²) in [4.78, 5) is 12.0. The fourth-order valence-corrected chi connectivity index (χ4v) is 2.46. The Bertz CT molecular complexity index is 718. The molecule has 0 radical (unpaired) electrons. The first-order chi connectivity index (χ1) is 11.8. The van der Waals surface area contributed by atoms with Gasteiger partial charge in [-0.3, -0.25) is 4.79 Å². The number of fused-ring (bicyclic) bond motifs is 1. The first-order valence-corrected chi connectivity index (χ1v) is 7.78. The molecule has 1 heterocycles. The van der Waals surface area contributed by atoms with E-state index in [1.165, 1.54) is 0 Å². The minimum absolute atomic E-state index is 0.0193. The van der Waals surface area contributed by atoms with E-state index in [0.29, 0.717) is 19.5 Å². The lowest BCUT2D eigenvalue weighted by Crippen LogP contribution is -2.25. The standard InChI is InChI=1S/C18H20N2O4/c1-22-15-5-3-2-4-13(15)11-20-18(21)8-9-19-14-6-7-16-17(10-14)24-12-23-16/h2-7,10,19H,8-9,11-12H2,1H3,(H,20,21). The third kappa shape index (κ3) is 3.90. The fourth-order valence-electron chi connectivity index (χ4n) is 2.46. The molecule has 1 aliphatic heterocycles. The van der Waals surface area contributed by atoms with Gasteiger partial charge in [0.25, 0.3) is 0 Å². The van der Waals surface area contributed by atoms with Crippen LogP contribution in [0.15, 0.2) is 42.5 Å². The average molecular weight is 328 g/mol. The Kier molecular flexibility index (Phi) is 5.05. The Morgan fingerprint density at radius 2 is 2.00 bits per heavy atom. The molecular formula is C18H20N2O4. The van der Waals surface area contributed by atoms with Crippen LogP contribution in [0.25, 0.3) is 0 Å². The molecule has 126 valence electrons. The normalized spacial score (nSPS) is 11.9. The highest BCUT2D eigenvalue weighted by atomic mass is 16.7. The largest absolute Gasteiger partial charge is 0.496 e. The molecule has 2 N–H and O–H groups in total. The predicted octanol–water partition coefficient (Wildman–Crippen LogP) is 2.54. The van der Waals surface area contributed by atoms with Gasteiger partial charge >= 0.3 is 0 Å². The van der Waals surface area contributed by atoms with Crippen molar-refractivity contribution < 1.29 is 19.0 Å². The number of para-hydroxylation sites is 1. The van der Waals surface area contributed by atoms with Crippen LogP contribution in [0.5, 0.6) is 17.2 Å². The SMILES string of the molecule is COc1ccccc1CNC(=O)CCNc1ccc2c(c1)OCO2. The van der Waals surface area contributed by atoms with Crippen LogP contribution in [0, 0.1) is 0 Å². The average Bonchev–Trinajstić information content (AvgIpc) is 3.08. The molecule has 3 rings (SSSR count). The summed E-state index contributed by atoms with van der Waals surface area (Å²) in [7, 11) is 1.62. The van der Waals surface area contributed by atoms with Crippen LogP contribution < -0.4 is 24.8 Å². The first-order valence-electron chi connectivity index (χ1n) is 7.78. The van der Waals surface area contributed by atoms with Gasteiger partial charge in [-0.2, -0.15) is 0 Å². The zero-order valence-electron chi connectivity index (χ0n) is 13.5. The lowest BCUT2D eigenvalue weighted by atomic mass is 10.2. The summed E-state index contributed by atoms with van der Waals surface area (Å²) in [6.07, 6.45) is 0.379. The van der Waals surface area contributed by atoms with E-state index < -0.39 is 0 Å². The molecule has 1 amide bonds. The lowest BCUT2D eigenvalue weighted by Gasteiger charge is -2.10. The topological polar surface area (TPSA) is 68.8 Å². The zero-order valence-corrected chi connectivity index (χ0v) is 13.5. The molecule has 2 aromatic rings. The monoisotopic (exact) mass is 328 g/mol. The number of amides is 1. The van der Waals surface area contributed by atoms with E-state index in [1.54, 1.807) is 7.11 Å². The Balaban J connectivity index is 1.43. The number of carbonyl (C=O) groups excluding carboxylic acids is 1. The summed E-state index contributed by atoms with van der Waals surface area (Å²) in [6, 6.07) is 13.3. The fraction of sp³-hybridized carbons (Fsp3) is 0.278. The zero-order chi connectivity index (χ0) is 16.8. The van der Waals surface area contributed by atoms with Gasteiger partial charge in [-0.1, -0.05) is 18.2 Å². The highest BCUT2D eigenvalue weighted by Gasteiger charge is 2.13. The maximum absolute atomic E-state index is 12.0. The number of anilines is 1. The molecule has 6 heteroatoms. The van der Waals surface area contributed by atoms with Gasteiger partial charge in [0.2, 0.25) is 12.7 Å². The predicted molar refractivity (Wildman–Crippen MR) is 90.5 cm³/mol. The Morgan fingerprint density at radius 3 is 2.88 bits per heavy atom. The highest BCUT2D eigenvalue weighted by molar-refractivity contribution is 5.76. The summed E-state index contributed by atoms with van der Waals surface area (Å²) in [6.45, 7) is 1.24. The number of hydrogen-bond donors (Lipinski definition) is 2. The van der Waals surface area contributed by atoms with E-state index in [0.717, 1.165) is 28.5 Å². The second-order valence-corrected chi connectivity index (χ2v) is 5.33. The van der Waals surface area contributed by atoms with Gasteiger partial charge in [0.1, 0.15) is 5.75 Å². The number of nitrogens with one attached hydrogen (secondary N) is 2. The van der Waals surface area contributed by atoms with Crippen LogP contribution in [-0.2, 0) is 11.3 Å². The van der Waals surface area contributed by atoms with Crippen molar-refractivity contribution >= 4 is 11.6 Å². The molecule has 0 bridgehead atoms. The van der Waals surface area contributed by atoms with Crippen molar-refractivity contribution in [3.63, 3.8) is 0 Å². The van der Waals surface area contributed by atoms with E-state index in [2.05, 4.69) is 10.6 Å². The smallest absolute Gasteiger partial charge is 0.231 e. The molecule has 1 aliphatic rings. The molecule has 0 fully saturated rings. The summed E-state index contributed by atoms with van der Waals surface area (Å²) < 4.78 is 15.9. The third-order valence-electron chi connectivity index (χ3n) is 3.72. The molecule has 6 nitrogen and oxygen atoms in total. The number of carbonyl (C=O) groups is 1. The van der Waals surface area contributed by atoms with Crippen LogP contribution >= 0.6 is 0 Å². The van der Waals surface area contributed by atoms with Gasteiger partial charge in [-0.05, 0) is 18.2 Å². The first kappa shape index (κ1) is 16.0. The number of ether oxygens (including phenoxy) is 3. The van der Waals surface area contributed by atoms with Crippen LogP contribution in [0.4, 0.5) is 5.69 Å². The number of methoxy groups -OCH3 is 1. The van der Waals surface area contributed by atoms with E-state index in [4.69, 9.17) is 14.2 Å². The quantitative estimate of drug-likeness (QED) is 0.817. The van der Waals surface area contributed by atoms with Gasteiger partial charge in [0.15, 0.2) is 11.5 Å². The van der Waals surface area contributed by atoms with E-state index in [-0.39, 0.29) is 12.7 Å². The Labute approximate surface area is 140 Å². The van der Waals surface area contributed by atoms with Crippen molar-refractivity contribution in [3.05, 3.63) is 48.0 Å². The summed E-state index contributed by atoms with van der Waals surface area (Å²) in [5.41, 5.74) is 1.86. The molecule has 0 spiro atoms. The molecule has 2 aromatic carbocycles. The maximum Gasteiger partial charge on any atom is 0.231 e. The van der Waals surface area contributed by atoms with E-state index >= 15 is 0 Å². The van der Waals surface area contributed by atoms with Crippen LogP contribution in [0.3, 0.4) is 0 Å². The van der Waals surface area contributed by atoms with E-state index in [9.17, 15) is 4.79 Å². The van der Waals surface area contributed by atoms with Crippen LogP contribution in [0.1, 0.15) is 12.0 Å². The van der Waals surface area contributed by atoms with Gasteiger partial charge in [-0.15, -0.1) is 0 Å². The van der Waals surface area contributed by atoms with Crippen molar-refractivity contribution in [1.82, 2.24) is 5.32 Å². The maximum atomic E-state index is 12.0. The second kappa shape index (κ2) is 7.59. The molecular weight excluding hydrogens is 308 g/mol. The van der Waals surface area contributed by atoms with E-state index in [1.807, 2.05) is 42.5 Å². The molecule has 0 aromatic heterocycles. The third-order valence-corrected chi connectivity index (χ3v) is 3.72. The van der Waals surface area contributed by atoms with Crippen molar-refractivity contribution in [2.45, 2.75) is 13.0 Å². The minimum atomic E-state index is -0.0193. The van der Waals surface area contributed by atoms with Crippen molar-refractivity contribution in [3.8, 4) is 17.2 Å². The lowest BCUT2D eigenvalue weighted by molar-refractivity contribution is -0.121. The summed E-state index contributed by atoms with van der Waals surface area (Å²) in [5.74, 6) is 2.22. The molecule has 0 saturated carbocycles. The van der Waals surface area contributed by atoms with Crippen molar-refractivity contribution in [2.75, 3.05) is 25.8 Å². The number of rotatable bonds is 7. The summed E-state index contributed by atoms with van der Waals surface area (Å²) >= 11 is 0. The molecule has 0 saturated heterocycles. The highest BCUT2D eigenvalue weighted by Crippen LogP contribution is 2.34. The number of hydrogen-bond acceptors (Lipinski definition) is 5. The van der Waals surface area contributed by atoms with Gasteiger partial charge < -0.3 is 24.8 Å². The number of benzene rings is 2. The van der Waals surface area contributed by atoms with Gasteiger partial charge in [-0.25, -0.2) is 0 Å². The van der Waals surface area contributed by atoms with Crippen molar-refractivity contribution in [2.24, 2.45) is 0 Å². The molecule has 24 heavy (non-hydrogen) atoms. The second-order valence-electron chi connectivity index (χ2n) is 5.33. The van der Waals surface area contributed by atoms with Crippen molar-refractivity contribution in [1.29, 1.82) is 0 Å². The minimum Gasteiger partial charge on any atom is -0.496 e.